The Labute approximate surface area is 130 Å². The Bertz CT molecular complexity index is 387. The van der Waals surface area contributed by atoms with Gasteiger partial charge in [-0.25, -0.2) is 0 Å². The van der Waals surface area contributed by atoms with Crippen LogP contribution in [0.1, 0.15) is 68.2 Å². The van der Waals surface area contributed by atoms with Crippen molar-refractivity contribution in [2.75, 3.05) is 6.54 Å². The van der Waals surface area contributed by atoms with Crippen molar-refractivity contribution < 1.29 is 0 Å². The van der Waals surface area contributed by atoms with Gasteiger partial charge in [-0.3, -0.25) is 0 Å². The summed E-state index contributed by atoms with van der Waals surface area (Å²) in [5.41, 5.74) is 0.492. The van der Waals surface area contributed by atoms with E-state index < -0.39 is 0 Å². The fraction of sp³-hybridized carbons (Fsp3) is 0.750. The maximum Gasteiger partial charge on any atom is 0.0472 e. The van der Waals surface area contributed by atoms with Gasteiger partial charge in [0.1, 0.15) is 0 Å². The first-order chi connectivity index (χ1) is 9.13. The van der Waals surface area contributed by atoms with Gasteiger partial charge in [0, 0.05) is 20.3 Å². The van der Waals surface area contributed by atoms with E-state index in [2.05, 4.69) is 48.1 Å². The number of thiophene rings is 1. The lowest BCUT2D eigenvalue weighted by molar-refractivity contribution is 0.190. The molecule has 1 fully saturated rings. The molecule has 108 valence electrons. The van der Waals surface area contributed by atoms with Crippen LogP contribution in [0.5, 0.6) is 0 Å². The van der Waals surface area contributed by atoms with Crippen LogP contribution in [0.25, 0.3) is 0 Å². The van der Waals surface area contributed by atoms with Gasteiger partial charge in [-0.15, -0.1) is 11.3 Å². The predicted octanol–water partition coefficient (Wildman–Crippen LogP) is 5.83. The van der Waals surface area contributed by atoms with Crippen LogP contribution in [-0.2, 0) is 0 Å². The quantitative estimate of drug-likeness (QED) is 0.684. The van der Waals surface area contributed by atoms with E-state index in [4.69, 9.17) is 0 Å². The average molecular weight is 344 g/mol. The molecule has 1 aromatic heterocycles. The van der Waals surface area contributed by atoms with Crippen molar-refractivity contribution >= 4 is 27.3 Å². The number of nitrogens with one attached hydrogen (secondary N) is 1. The zero-order valence-electron chi connectivity index (χ0n) is 12.4. The molecule has 2 rings (SSSR count). The maximum atomic E-state index is 3.85. The Morgan fingerprint density at radius 1 is 1.37 bits per heavy atom. The summed E-state index contributed by atoms with van der Waals surface area (Å²) in [6.07, 6.45) is 8.09. The highest BCUT2D eigenvalue weighted by molar-refractivity contribution is 9.10. The van der Waals surface area contributed by atoms with Gasteiger partial charge in [-0.05, 0) is 66.6 Å². The number of halogens is 1. The molecule has 1 N–H and O–H groups in total. The fourth-order valence-electron chi connectivity index (χ4n) is 3.46. The molecule has 1 aromatic rings. The molecule has 0 aliphatic heterocycles. The van der Waals surface area contributed by atoms with Crippen LogP contribution in [0.2, 0.25) is 0 Å². The van der Waals surface area contributed by atoms with E-state index in [1.807, 2.05) is 11.3 Å². The number of hydrogen-bond acceptors (Lipinski definition) is 2. The van der Waals surface area contributed by atoms with Gasteiger partial charge in [0.05, 0.1) is 0 Å². The summed E-state index contributed by atoms with van der Waals surface area (Å²) in [6.45, 7) is 7.97. The Hall–Kier alpha value is 0.140. The van der Waals surface area contributed by atoms with E-state index >= 15 is 0 Å². The molecular weight excluding hydrogens is 318 g/mol. The maximum absolute atomic E-state index is 3.85. The number of rotatable bonds is 6. The molecule has 0 radical (unpaired) electrons. The summed E-state index contributed by atoms with van der Waals surface area (Å²) in [7, 11) is 0. The van der Waals surface area contributed by atoms with E-state index in [-0.39, 0.29) is 0 Å². The summed E-state index contributed by atoms with van der Waals surface area (Å²) in [4.78, 5) is 2.93. The van der Waals surface area contributed by atoms with E-state index in [9.17, 15) is 0 Å². The first kappa shape index (κ1) is 15.5. The average Bonchev–Trinajstić information content (AvgIpc) is 2.99. The van der Waals surface area contributed by atoms with Gasteiger partial charge in [0.15, 0.2) is 0 Å². The second-order valence-corrected chi connectivity index (χ2v) is 8.01. The predicted molar refractivity (Wildman–Crippen MR) is 89.0 cm³/mol. The minimum absolute atomic E-state index is 0.492. The minimum Gasteiger partial charge on any atom is -0.309 e. The Balaban J connectivity index is 2.29. The summed E-state index contributed by atoms with van der Waals surface area (Å²) >= 11 is 5.65. The summed E-state index contributed by atoms with van der Waals surface area (Å²) in [6, 6.07) is 2.90. The van der Waals surface area contributed by atoms with Crippen molar-refractivity contribution in [1.29, 1.82) is 0 Å². The van der Waals surface area contributed by atoms with E-state index in [1.54, 1.807) is 0 Å². The van der Waals surface area contributed by atoms with Crippen molar-refractivity contribution in [3.05, 3.63) is 20.3 Å². The van der Waals surface area contributed by atoms with Gasteiger partial charge in [-0.1, -0.05) is 26.7 Å². The summed E-state index contributed by atoms with van der Waals surface area (Å²) in [5.74, 6) is 0. The lowest BCUT2D eigenvalue weighted by atomic mass is 9.75. The van der Waals surface area contributed by atoms with Crippen LogP contribution in [0.3, 0.4) is 0 Å². The largest absolute Gasteiger partial charge is 0.309 e. The molecule has 0 bridgehead atoms. The van der Waals surface area contributed by atoms with Gasteiger partial charge in [0.25, 0.3) is 0 Å². The molecule has 1 unspecified atom stereocenters. The lowest BCUT2D eigenvalue weighted by Crippen LogP contribution is -2.36. The number of hydrogen-bond donors (Lipinski definition) is 1. The summed E-state index contributed by atoms with van der Waals surface area (Å²) < 4.78 is 1.28. The van der Waals surface area contributed by atoms with Crippen LogP contribution in [0, 0.1) is 12.3 Å². The minimum atomic E-state index is 0.492. The number of aryl methyl sites for hydroxylation is 1. The molecule has 0 saturated heterocycles. The second-order valence-electron chi connectivity index (χ2n) is 5.86. The molecular formula is C16H26BrNS. The van der Waals surface area contributed by atoms with Gasteiger partial charge in [0.2, 0.25) is 0 Å². The van der Waals surface area contributed by atoms with Crippen LogP contribution < -0.4 is 5.32 Å². The fourth-order valence-corrected chi connectivity index (χ4v) is 5.24. The molecule has 1 atom stereocenters. The van der Waals surface area contributed by atoms with Gasteiger partial charge in [-0.2, -0.15) is 0 Å². The normalized spacial score (nSPS) is 19.8. The molecule has 0 amide bonds. The third-order valence-electron chi connectivity index (χ3n) is 4.68. The van der Waals surface area contributed by atoms with Crippen molar-refractivity contribution in [3.8, 4) is 0 Å². The van der Waals surface area contributed by atoms with E-state index in [1.165, 1.54) is 52.8 Å². The monoisotopic (exact) mass is 343 g/mol. The Morgan fingerprint density at radius 3 is 2.53 bits per heavy atom. The molecule has 3 heteroatoms. The van der Waals surface area contributed by atoms with Crippen LogP contribution in [0.15, 0.2) is 10.5 Å². The molecule has 1 nitrogen and oxygen atoms in total. The molecule has 0 spiro atoms. The van der Waals surface area contributed by atoms with Gasteiger partial charge < -0.3 is 5.32 Å². The van der Waals surface area contributed by atoms with Gasteiger partial charge >= 0.3 is 0 Å². The molecule has 1 aliphatic carbocycles. The standard InChI is InChI=1S/C16H26BrNS/c1-4-10-18-15(14-11-13(17)12(3)19-14)16(5-2)8-6-7-9-16/h11,15,18H,4-10H2,1-3H3. The van der Waals surface area contributed by atoms with Crippen molar-refractivity contribution in [3.63, 3.8) is 0 Å². The lowest BCUT2D eigenvalue weighted by Gasteiger charge is -2.37. The highest BCUT2D eigenvalue weighted by atomic mass is 79.9. The second kappa shape index (κ2) is 6.73. The molecule has 19 heavy (non-hydrogen) atoms. The van der Waals surface area contributed by atoms with Crippen molar-refractivity contribution in [2.24, 2.45) is 5.41 Å². The highest BCUT2D eigenvalue weighted by Crippen LogP contribution is 2.51. The molecule has 0 aromatic carbocycles. The third-order valence-corrected chi connectivity index (χ3v) is 6.88. The summed E-state index contributed by atoms with van der Waals surface area (Å²) in [5, 5.41) is 3.85. The Morgan fingerprint density at radius 2 is 2.05 bits per heavy atom. The van der Waals surface area contributed by atoms with Crippen LogP contribution in [-0.4, -0.2) is 6.54 Å². The first-order valence-electron chi connectivity index (χ1n) is 7.62. The van der Waals surface area contributed by atoms with Crippen LogP contribution in [0.4, 0.5) is 0 Å². The molecule has 1 aliphatic rings. The van der Waals surface area contributed by atoms with E-state index in [0.717, 1.165) is 6.54 Å². The zero-order valence-corrected chi connectivity index (χ0v) is 14.8. The smallest absolute Gasteiger partial charge is 0.0472 e. The molecule has 1 saturated carbocycles. The topological polar surface area (TPSA) is 12.0 Å². The van der Waals surface area contributed by atoms with Crippen molar-refractivity contribution in [2.45, 2.75) is 65.3 Å². The molecule has 1 heterocycles. The highest BCUT2D eigenvalue weighted by Gasteiger charge is 2.40. The zero-order chi connectivity index (χ0) is 13.9. The third kappa shape index (κ3) is 3.25. The van der Waals surface area contributed by atoms with Crippen LogP contribution >= 0.6 is 27.3 Å². The SMILES string of the molecule is CCCNC(c1cc(Br)c(C)s1)C1(CC)CCCC1. The Kier molecular flexibility index (Phi) is 5.50. The van der Waals surface area contributed by atoms with E-state index in [0.29, 0.717) is 11.5 Å². The first-order valence-corrected chi connectivity index (χ1v) is 9.23. The van der Waals surface area contributed by atoms with Crippen molar-refractivity contribution in [1.82, 2.24) is 5.32 Å².